The molecule has 33 heavy (non-hydrogen) atoms. The van der Waals surface area contributed by atoms with E-state index in [1.165, 1.54) is 70.6 Å². The van der Waals surface area contributed by atoms with Gasteiger partial charge in [0.2, 0.25) is 0 Å². The fourth-order valence-electron chi connectivity index (χ4n) is 4.66. The van der Waals surface area contributed by atoms with Gasteiger partial charge in [-0.1, -0.05) is 117 Å². The second-order valence-corrected chi connectivity index (χ2v) is 10.2. The Hall–Kier alpha value is -1.32. The molecule has 0 aromatic rings. The molecule has 0 saturated heterocycles. The van der Waals surface area contributed by atoms with Gasteiger partial charge in [0.25, 0.3) is 0 Å². The van der Waals surface area contributed by atoms with Gasteiger partial charge < -0.3 is 9.47 Å². The zero-order valence-electron chi connectivity index (χ0n) is 22.1. The normalized spacial score (nSPS) is 18.9. The molecule has 3 atom stereocenters. The summed E-state index contributed by atoms with van der Waals surface area (Å²) in [4.78, 5) is 25.4. The van der Waals surface area contributed by atoms with Crippen molar-refractivity contribution in [1.82, 2.24) is 0 Å². The fourth-order valence-corrected chi connectivity index (χ4v) is 4.66. The van der Waals surface area contributed by atoms with E-state index in [0.29, 0.717) is 19.4 Å². The van der Waals surface area contributed by atoms with Gasteiger partial charge in [0, 0.05) is 0 Å². The Labute approximate surface area is 204 Å². The molecule has 0 aliphatic heterocycles. The highest BCUT2D eigenvalue weighted by Gasteiger charge is 2.37. The number of hydrogen-bond donors (Lipinski definition) is 0. The Morgan fingerprint density at radius 1 is 0.727 bits per heavy atom. The predicted octanol–water partition coefficient (Wildman–Crippen LogP) is 8.18. The van der Waals surface area contributed by atoms with E-state index in [4.69, 9.17) is 9.47 Å². The van der Waals surface area contributed by atoms with Crippen LogP contribution in [0.2, 0.25) is 0 Å². The van der Waals surface area contributed by atoms with E-state index in [0.717, 1.165) is 19.3 Å². The first-order chi connectivity index (χ1) is 16.0. The standard InChI is InChI=1S/C29H52O4/c1-5-7-8-9-10-11-12-13-14-15-16-17-20-23-32-28(30)25-21-18-19-22-26(25)29(31)33-27(6-2)24(3)4/h18-19,24-27H,5-17,20-23H2,1-4H3. The van der Waals surface area contributed by atoms with Crippen LogP contribution in [0.25, 0.3) is 0 Å². The molecule has 0 spiro atoms. The minimum atomic E-state index is -0.415. The van der Waals surface area contributed by atoms with Crippen LogP contribution in [0.4, 0.5) is 0 Å². The van der Waals surface area contributed by atoms with Crippen LogP contribution in [-0.4, -0.2) is 24.6 Å². The van der Waals surface area contributed by atoms with Crippen molar-refractivity contribution in [3.05, 3.63) is 12.2 Å². The average molecular weight is 465 g/mol. The van der Waals surface area contributed by atoms with Gasteiger partial charge in [0.15, 0.2) is 0 Å². The van der Waals surface area contributed by atoms with Gasteiger partial charge in [0.05, 0.1) is 18.4 Å². The van der Waals surface area contributed by atoms with Crippen LogP contribution in [0.15, 0.2) is 12.2 Å². The highest BCUT2D eigenvalue weighted by atomic mass is 16.5. The zero-order chi connectivity index (χ0) is 24.3. The van der Waals surface area contributed by atoms with Crippen LogP contribution in [0, 0.1) is 17.8 Å². The summed E-state index contributed by atoms with van der Waals surface area (Å²) >= 11 is 0. The summed E-state index contributed by atoms with van der Waals surface area (Å²) in [6, 6.07) is 0. The molecule has 0 amide bonds. The molecule has 3 unspecified atom stereocenters. The summed E-state index contributed by atoms with van der Waals surface area (Å²) in [6.45, 7) is 8.87. The molecule has 4 heteroatoms. The van der Waals surface area contributed by atoms with Crippen molar-refractivity contribution in [3.63, 3.8) is 0 Å². The largest absolute Gasteiger partial charge is 0.465 e. The van der Waals surface area contributed by atoms with Crippen LogP contribution < -0.4 is 0 Å². The summed E-state index contributed by atoms with van der Waals surface area (Å²) in [5.74, 6) is -1.03. The second-order valence-electron chi connectivity index (χ2n) is 10.2. The van der Waals surface area contributed by atoms with Crippen molar-refractivity contribution in [2.24, 2.45) is 17.8 Å². The van der Waals surface area contributed by atoms with Crippen LogP contribution in [-0.2, 0) is 19.1 Å². The lowest BCUT2D eigenvalue weighted by molar-refractivity contribution is -0.166. The number of carbonyl (C=O) groups excluding carboxylic acids is 2. The first-order valence-corrected chi connectivity index (χ1v) is 14.0. The van der Waals surface area contributed by atoms with Gasteiger partial charge in [-0.05, 0) is 31.6 Å². The van der Waals surface area contributed by atoms with Crippen molar-refractivity contribution in [3.8, 4) is 0 Å². The van der Waals surface area contributed by atoms with Crippen molar-refractivity contribution in [2.75, 3.05) is 6.61 Å². The highest BCUT2D eigenvalue weighted by Crippen LogP contribution is 2.29. The maximum Gasteiger partial charge on any atom is 0.310 e. The number of unbranched alkanes of at least 4 members (excludes halogenated alkanes) is 12. The topological polar surface area (TPSA) is 52.6 Å². The minimum Gasteiger partial charge on any atom is -0.465 e. The molecule has 1 aliphatic rings. The summed E-state index contributed by atoms with van der Waals surface area (Å²) in [5.41, 5.74) is 0. The average Bonchev–Trinajstić information content (AvgIpc) is 2.82. The van der Waals surface area contributed by atoms with Crippen molar-refractivity contribution in [1.29, 1.82) is 0 Å². The molecule has 0 radical (unpaired) electrons. The number of esters is 2. The smallest absolute Gasteiger partial charge is 0.310 e. The van der Waals surface area contributed by atoms with E-state index < -0.39 is 11.8 Å². The van der Waals surface area contributed by atoms with Crippen LogP contribution in [0.1, 0.15) is 130 Å². The molecular weight excluding hydrogens is 412 g/mol. The highest BCUT2D eigenvalue weighted by molar-refractivity contribution is 5.82. The molecule has 0 N–H and O–H groups in total. The number of carbonyl (C=O) groups is 2. The lowest BCUT2D eigenvalue weighted by Crippen LogP contribution is -2.36. The third-order valence-electron chi connectivity index (χ3n) is 6.94. The Balaban J connectivity index is 2.14. The monoisotopic (exact) mass is 464 g/mol. The predicted molar refractivity (Wildman–Crippen MR) is 137 cm³/mol. The van der Waals surface area contributed by atoms with Gasteiger partial charge >= 0.3 is 11.9 Å². The summed E-state index contributed by atoms with van der Waals surface area (Å²) < 4.78 is 11.3. The first-order valence-electron chi connectivity index (χ1n) is 14.0. The van der Waals surface area contributed by atoms with E-state index in [2.05, 4.69) is 20.8 Å². The maximum atomic E-state index is 12.7. The Morgan fingerprint density at radius 2 is 1.18 bits per heavy atom. The van der Waals surface area contributed by atoms with Crippen LogP contribution in [0.3, 0.4) is 0 Å². The molecule has 0 saturated carbocycles. The molecule has 0 aromatic heterocycles. The van der Waals surface area contributed by atoms with Crippen LogP contribution >= 0.6 is 0 Å². The molecule has 0 fully saturated rings. The Bertz CT molecular complexity index is 540. The van der Waals surface area contributed by atoms with Crippen molar-refractivity contribution in [2.45, 2.75) is 137 Å². The molecule has 0 heterocycles. The molecule has 192 valence electrons. The fraction of sp³-hybridized carbons (Fsp3) is 0.862. The third kappa shape index (κ3) is 13.2. The number of ether oxygens (including phenoxy) is 2. The summed E-state index contributed by atoms with van der Waals surface area (Å²) in [6.07, 6.45) is 22.7. The van der Waals surface area contributed by atoms with Gasteiger partial charge in [-0.25, -0.2) is 0 Å². The minimum absolute atomic E-state index is 0.0918. The summed E-state index contributed by atoms with van der Waals surface area (Å²) in [5, 5.41) is 0. The van der Waals surface area contributed by atoms with Crippen molar-refractivity contribution < 1.29 is 19.1 Å². The van der Waals surface area contributed by atoms with Gasteiger partial charge in [-0.3, -0.25) is 9.59 Å². The molecule has 0 aromatic carbocycles. The number of hydrogen-bond acceptors (Lipinski definition) is 4. The van der Waals surface area contributed by atoms with E-state index in [9.17, 15) is 9.59 Å². The molecular formula is C29H52O4. The molecule has 4 nitrogen and oxygen atoms in total. The lowest BCUT2D eigenvalue weighted by atomic mass is 9.83. The number of allylic oxidation sites excluding steroid dienone is 2. The summed E-state index contributed by atoms with van der Waals surface area (Å²) in [7, 11) is 0. The SMILES string of the molecule is CCCCCCCCCCCCCCCOC(=O)C1CC=CCC1C(=O)OC(CC)C(C)C. The van der Waals surface area contributed by atoms with Crippen LogP contribution in [0.5, 0.6) is 0 Å². The quantitative estimate of drug-likeness (QED) is 0.110. The zero-order valence-corrected chi connectivity index (χ0v) is 22.1. The lowest BCUT2D eigenvalue weighted by Gasteiger charge is -2.28. The Kier molecular flexibility index (Phi) is 17.1. The second kappa shape index (κ2) is 19.0. The number of rotatable bonds is 19. The first kappa shape index (κ1) is 29.7. The third-order valence-corrected chi connectivity index (χ3v) is 6.94. The van der Waals surface area contributed by atoms with E-state index in [1.54, 1.807) is 0 Å². The maximum absolute atomic E-state index is 12.7. The van der Waals surface area contributed by atoms with Gasteiger partial charge in [-0.15, -0.1) is 0 Å². The molecule has 0 bridgehead atoms. The van der Waals surface area contributed by atoms with E-state index >= 15 is 0 Å². The molecule has 1 aliphatic carbocycles. The van der Waals surface area contributed by atoms with E-state index in [1.807, 2.05) is 19.1 Å². The molecule has 1 rings (SSSR count). The van der Waals surface area contributed by atoms with Gasteiger partial charge in [0.1, 0.15) is 6.10 Å². The van der Waals surface area contributed by atoms with E-state index in [-0.39, 0.29) is 24.0 Å². The van der Waals surface area contributed by atoms with Gasteiger partial charge in [-0.2, -0.15) is 0 Å². The van der Waals surface area contributed by atoms with Crippen molar-refractivity contribution >= 4 is 11.9 Å². The Morgan fingerprint density at radius 3 is 1.64 bits per heavy atom.